The second kappa shape index (κ2) is 11.7. The highest BCUT2D eigenvalue weighted by Gasteiger charge is 2.34. The lowest BCUT2D eigenvalue weighted by Gasteiger charge is -2.22. The van der Waals surface area contributed by atoms with Gasteiger partial charge in [-0.25, -0.2) is 0 Å². The van der Waals surface area contributed by atoms with Crippen molar-refractivity contribution in [1.29, 1.82) is 5.26 Å². The van der Waals surface area contributed by atoms with E-state index in [0.29, 0.717) is 5.69 Å². The van der Waals surface area contributed by atoms with E-state index in [1.807, 2.05) is 6.07 Å². The zero-order valence-corrected chi connectivity index (χ0v) is 17.6. The minimum atomic E-state index is -4.54. The van der Waals surface area contributed by atoms with Crippen LogP contribution in [0.1, 0.15) is 31.7 Å². The Balaban J connectivity index is 1.85. The monoisotopic (exact) mass is 447 g/mol. The summed E-state index contributed by atoms with van der Waals surface area (Å²) in [5.74, 6) is -1.04. The minimum Gasteiger partial charge on any atom is -0.491 e. The molecule has 0 saturated heterocycles. The van der Waals surface area contributed by atoms with Crippen LogP contribution in [0.5, 0.6) is 5.75 Å². The van der Waals surface area contributed by atoms with Crippen LogP contribution in [0, 0.1) is 11.3 Å². The topological polar surface area (TPSA) is 82.4 Å². The summed E-state index contributed by atoms with van der Waals surface area (Å²) in [5.41, 5.74) is -0.249. The third kappa shape index (κ3) is 7.61. The van der Waals surface area contributed by atoms with Crippen molar-refractivity contribution in [2.75, 3.05) is 18.1 Å². The van der Waals surface area contributed by atoms with E-state index in [2.05, 4.69) is 5.32 Å². The molecule has 2 rings (SSSR count). The van der Waals surface area contributed by atoms with E-state index >= 15 is 0 Å². The molecule has 0 radical (unpaired) electrons. The standard InChI is InChI=1S/C23H24F3N3O3/c1-17(16-32-20-11-6-5-10-19(20)23(24,25)26)28-21(30)12-13-22(31)29(15-7-14-27)18-8-3-2-4-9-18/h2-6,8-11,17H,7,12-13,15-16H2,1H3,(H,28,30). The van der Waals surface area contributed by atoms with Gasteiger partial charge in [0.25, 0.3) is 0 Å². The molecule has 2 aromatic rings. The Morgan fingerprint density at radius 1 is 1.09 bits per heavy atom. The highest BCUT2D eigenvalue weighted by atomic mass is 19.4. The molecule has 0 aliphatic rings. The number of carbonyl (C=O) groups excluding carboxylic acids is 2. The number of nitriles is 1. The van der Waals surface area contributed by atoms with Gasteiger partial charge in [0.15, 0.2) is 0 Å². The van der Waals surface area contributed by atoms with Crippen LogP contribution in [-0.2, 0) is 15.8 Å². The maximum absolute atomic E-state index is 13.0. The summed E-state index contributed by atoms with van der Waals surface area (Å²) in [6.45, 7) is 1.65. The number of carbonyl (C=O) groups is 2. The van der Waals surface area contributed by atoms with Crippen molar-refractivity contribution in [3.05, 3.63) is 60.2 Å². The van der Waals surface area contributed by atoms with Crippen LogP contribution in [0.15, 0.2) is 54.6 Å². The van der Waals surface area contributed by atoms with E-state index in [0.717, 1.165) is 6.07 Å². The highest BCUT2D eigenvalue weighted by Crippen LogP contribution is 2.35. The fourth-order valence-electron chi connectivity index (χ4n) is 2.95. The predicted molar refractivity (Wildman–Crippen MR) is 113 cm³/mol. The van der Waals surface area contributed by atoms with Crippen molar-refractivity contribution >= 4 is 17.5 Å². The Morgan fingerprint density at radius 2 is 1.75 bits per heavy atom. The van der Waals surface area contributed by atoms with Crippen LogP contribution in [0.3, 0.4) is 0 Å². The van der Waals surface area contributed by atoms with E-state index in [4.69, 9.17) is 10.00 Å². The summed E-state index contributed by atoms with van der Waals surface area (Å²) in [6, 6.07) is 15.1. The molecule has 6 nitrogen and oxygen atoms in total. The molecular formula is C23H24F3N3O3. The minimum absolute atomic E-state index is 0.0728. The number of benzene rings is 2. The maximum atomic E-state index is 13.0. The molecule has 1 unspecified atom stereocenters. The summed E-state index contributed by atoms with van der Waals surface area (Å²) in [6.07, 6.45) is -4.56. The summed E-state index contributed by atoms with van der Waals surface area (Å²) >= 11 is 0. The molecule has 0 heterocycles. The van der Waals surface area contributed by atoms with Crippen molar-refractivity contribution in [2.24, 2.45) is 0 Å². The van der Waals surface area contributed by atoms with Crippen LogP contribution in [0.25, 0.3) is 0 Å². The average Bonchev–Trinajstić information content (AvgIpc) is 2.77. The van der Waals surface area contributed by atoms with Crippen LogP contribution < -0.4 is 15.0 Å². The molecular weight excluding hydrogens is 423 g/mol. The number of anilines is 1. The Labute approximate surface area is 184 Å². The van der Waals surface area contributed by atoms with Crippen molar-refractivity contribution in [1.82, 2.24) is 5.32 Å². The van der Waals surface area contributed by atoms with Gasteiger partial charge in [-0.1, -0.05) is 30.3 Å². The Morgan fingerprint density at radius 3 is 2.41 bits per heavy atom. The van der Waals surface area contributed by atoms with Gasteiger partial charge in [-0.05, 0) is 31.2 Å². The third-order valence-electron chi connectivity index (χ3n) is 4.47. The van der Waals surface area contributed by atoms with E-state index < -0.39 is 23.7 Å². The summed E-state index contributed by atoms with van der Waals surface area (Å²) in [4.78, 5) is 26.2. The van der Waals surface area contributed by atoms with Crippen molar-refractivity contribution in [3.63, 3.8) is 0 Å². The number of nitrogens with zero attached hydrogens (tertiary/aromatic N) is 2. The normalized spacial score (nSPS) is 11.8. The van der Waals surface area contributed by atoms with E-state index in [1.165, 1.54) is 23.1 Å². The lowest BCUT2D eigenvalue weighted by Crippen LogP contribution is -2.38. The molecule has 0 spiro atoms. The smallest absolute Gasteiger partial charge is 0.419 e. The molecule has 0 aromatic heterocycles. The average molecular weight is 447 g/mol. The molecule has 1 N–H and O–H groups in total. The largest absolute Gasteiger partial charge is 0.491 e. The lowest BCUT2D eigenvalue weighted by atomic mass is 10.2. The number of para-hydroxylation sites is 2. The van der Waals surface area contributed by atoms with Gasteiger partial charge in [-0.2, -0.15) is 18.4 Å². The quantitative estimate of drug-likeness (QED) is 0.588. The number of rotatable bonds is 10. The first kappa shape index (κ1) is 24.7. The number of alkyl halides is 3. The van der Waals surface area contributed by atoms with Crippen molar-refractivity contribution in [3.8, 4) is 11.8 Å². The predicted octanol–water partition coefficient (Wildman–Crippen LogP) is 4.32. The van der Waals surface area contributed by atoms with Crippen LogP contribution in [0.2, 0.25) is 0 Å². The number of ether oxygens (including phenoxy) is 1. The van der Waals surface area contributed by atoms with Gasteiger partial charge in [0, 0.05) is 25.1 Å². The van der Waals surface area contributed by atoms with Gasteiger partial charge in [0.2, 0.25) is 11.8 Å². The Bertz CT molecular complexity index is 943. The zero-order chi connectivity index (χ0) is 23.6. The first-order valence-electron chi connectivity index (χ1n) is 10.0. The Hall–Kier alpha value is -3.54. The molecule has 1 atom stereocenters. The number of hydrogen-bond donors (Lipinski definition) is 1. The number of halogens is 3. The summed E-state index contributed by atoms with van der Waals surface area (Å²) < 4.78 is 44.3. The molecule has 9 heteroatoms. The highest BCUT2D eigenvalue weighted by molar-refractivity contribution is 5.95. The second-order valence-corrected chi connectivity index (χ2v) is 7.06. The molecule has 0 bridgehead atoms. The lowest BCUT2D eigenvalue weighted by molar-refractivity contribution is -0.139. The zero-order valence-electron chi connectivity index (χ0n) is 17.6. The van der Waals surface area contributed by atoms with Gasteiger partial charge in [0.05, 0.1) is 24.1 Å². The molecule has 0 aliphatic carbocycles. The summed E-state index contributed by atoms with van der Waals surface area (Å²) in [5, 5.41) is 11.4. The number of amides is 2. The van der Waals surface area contributed by atoms with Crippen LogP contribution in [0.4, 0.5) is 18.9 Å². The Kier molecular flexibility index (Phi) is 9.08. The first-order valence-corrected chi connectivity index (χ1v) is 10.0. The SMILES string of the molecule is CC(COc1ccccc1C(F)(F)F)NC(=O)CCC(=O)N(CCC#N)c1ccccc1. The van der Waals surface area contributed by atoms with Gasteiger partial charge < -0.3 is 15.0 Å². The van der Waals surface area contributed by atoms with Crippen molar-refractivity contribution < 1.29 is 27.5 Å². The molecule has 0 aliphatic heterocycles. The molecule has 2 amide bonds. The molecule has 2 aromatic carbocycles. The van der Waals surface area contributed by atoms with E-state index in [-0.39, 0.29) is 44.1 Å². The van der Waals surface area contributed by atoms with E-state index in [1.54, 1.807) is 37.3 Å². The maximum Gasteiger partial charge on any atom is 0.419 e. The number of nitrogens with one attached hydrogen (secondary N) is 1. The first-order chi connectivity index (χ1) is 15.2. The van der Waals surface area contributed by atoms with E-state index in [9.17, 15) is 22.8 Å². The van der Waals surface area contributed by atoms with Gasteiger partial charge in [-0.3, -0.25) is 9.59 Å². The van der Waals surface area contributed by atoms with Crippen molar-refractivity contribution in [2.45, 2.75) is 38.4 Å². The molecule has 170 valence electrons. The fourth-order valence-corrected chi connectivity index (χ4v) is 2.95. The van der Waals surface area contributed by atoms with Crippen LogP contribution in [-0.4, -0.2) is 31.0 Å². The van der Waals surface area contributed by atoms with Crippen LogP contribution >= 0.6 is 0 Å². The number of hydrogen-bond acceptors (Lipinski definition) is 4. The molecule has 32 heavy (non-hydrogen) atoms. The molecule has 0 fully saturated rings. The second-order valence-electron chi connectivity index (χ2n) is 7.06. The van der Waals surface area contributed by atoms with Gasteiger partial charge >= 0.3 is 6.18 Å². The van der Waals surface area contributed by atoms with Gasteiger partial charge in [0.1, 0.15) is 12.4 Å². The third-order valence-corrected chi connectivity index (χ3v) is 4.47. The molecule has 0 saturated carbocycles. The summed E-state index contributed by atoms with van der Waals surface area (Å²) in [7, 11) is 0. The van der Waals surface area contributed by atoms with Gasteiger partial charge in [-0.15, -0.1) is 0 Å². The fraction of sp³-hybridized carbons (Fsp3) is 0.348.